The second-order valence-corrected chi connectivity index (χ2v) is 3.91. The Hall–Kier alpha value is -1.18. The minimum Gasteiger partial charge on any atom is -0.300 e. The lowest BCUT2D eigenvalue weighted by Crippen LogP contribution is -1.95. The molecule has 1 aromatic carbocycles. The SMILES string of the molecule is Cc1cc2c(cc1F)CCC(=O)CC2. The Morgan fingerprint density at radius 3 is 2.29 bits per heavy atom. The molecule has 0 radical (unpaired) electrons. The van der Waals surface area contributed by atoms with Gasteiger partial charge in [-0.1, -0.05) is 6.07 Å². The number of ketones is 1. The normalized spacial score (nSPS) is 16.3. The van der Waals surface area contributed by atoms with Gasteiger partial charge in [0, 0.05) is 12.8 Å². The van der Waals surface area contributed by atoms with Gasteiger partial charge in [-0.25, -0.2) is 4.39 Å². The topological polar surface area (TPSA) is 17.1 Å². The Balaban J connectivity index is 2.41. The maximum absolute atomic E-state index is 13.3. The van der Waals surface area contributed by atoms with Gasteiger partial charge in [0.1, 0.15) is 11.6 Å². The third-order valence-electron chi connectivity index (χ3n) is 2.83. The van der Waals surface area contributed by atoms with E-state index in [1.807, 2.05) is 6.07 Å². The van der Waals surface area contributed by atoms with Gasteiger partial charge in [0.25, 0.3) is 0 Å². The summed E-state index contributed by atoms with van der Waals surface area (Å²) in [5, 5.41) is 0. The fraction of sp³-hybridized carbons (Fsp3) is 0.417. The summed E-state index contributed by atoms with van der Waals surface area (Å²) in [4.78, 5) is 11.2. The van der Waals surface area contributed by atoms with Crippen molar-refractivity contribution in [2.24, 2.45) is 0 Å². The van der Waals surface area contributed by atoms with Crippen LogP contribution in [0.5, 0.6) is 0 Å². The summed E-state index contributed by atoms with van der Waals surface area (Å²) in [5.41, 5.74) is 2.84. The number of Topliss-reactive ketones (excluding diaryl/α,β-unsaturated/α-hetero) is 1. The third-order valence-corrected chi connectivity index (χ3v) is 2.83. The van der Waals surface area contributed by atoms with Gasteiger partial charge in [-0.15, -0.1) is 0 Å². The van der Waals surface area contributed by atoms with E-state index in [9.17, 15) is 9.18 Å². The number of rotatable bonds is 0. The van der Waals surface area contributed by atoms with Crippen molar-refractivity contribution < 1.29 is 9.18 Å². The van der Waals surface area contributed by atoms with E-state index in [2.05, 4.69) is 0 Å². The van der Waals surface area contributed by atoms with E-state index in [-0.39, 0.29) is 5.82 Å². The first kappa shape index (κ1) is 9.38. The predicted molar refractivity (Wildman–Crippen MR) is 52.8 cm³/mol. The Morgan fingerprint density at radius 2 is 1.64 bits per heavy atom. The molecule has 0 atom stereocenters. The number of benzene rings is 1. The smallest absolute Gasteiger partial charge is 0.133 e. The van der Waals surface area contributed by atoms with Crippen LogP contribution < -0.4 is 0 Å². The number of hydrogen-bond acceptors (Lipinski definition) is 1. The molecule has 74 valence electrons. The molecule has 2 rings (SSSR count). The van der Waals surface area contributed by atoms with Crippen molar-refractivity contribution in [2.45, 2.75) is 32.6 Å². The van der Waals surface area contributed by atoms with Gasteiger partial charge >= 0.3 is 0 Å². The lowest BCUT2D eigenvalue weighted by Gasteiger charge is -2.06. The molecule has 1 aromatic rings. The Morgan fingerprint density at radius 1 is 1.07 bits per heavy atom. The average molecular weight is 192 g/mol. The third kappa shape index (κ3) is 1.69. The molecule has 1 nitrogen and oxygen atoms in total. The van der Waals surface area contributed by atoms with E-state index >= 15 is 0 Å². The highest BCUT2D eigenvalue weighted by molar-refractivity contribution is 5.79. The molecule has 0 saturated carbocycles. The summed E-state index contributed by atoms with van der Waals surface area (Å²) in [6, 6.07) is 3.46. The number of fused-ring (bicyclic) bond motifs is 1. The molecule has 0 N–H and O–H groups in total. The maximum Gasteiger partial charge on any atom is 0.133 e. The summed E-state index contributed by atoms with van der Waals surface area (Å²) in [6.07, 6.45) is 2.65. The van der Waals surface area contributed by atoms with Crippen molar-refractivity contribution >= 4 is 5.78 Å². The minimum absolute atomic E-state index is 0.155. The van der Waals surface area contributed by atoms with Gasteiger partial charge in [-0.05, 0) is 42.5 Å². The number of halogens is 1. The number of carbonyl (C=O) groups excluding carboxylic acids is 1. The van der Waals surface area contributed by atoms with Crippen molar-refractivity contribution in [3.8, 4) is 0 Å². The Kier molecular flexibility index (Phi) is 2.36. The van der Waals surface area contributed by atoms with Crippen LogP contribution in [0.2, 0.25) is 0 Å². The molecule has 0 fully saturated rings. The van der Waals surface area contributed by atoms with Gasteiger partial charge in [-0.3, -0.25) is 4.79 Å². The van der Waals surface area contributed by atoms with E-state index in [0.29, 0.717) is 30.6 Å². The Labute approximate surface area is 82.9 Å². The summed E-state index contributed by atoms with van der Waals surface area (Å²) >= 11 is 0. The molecule has 0 saturated heterocycles. The molecule has 1 aliphatic rings. The molecule has 14 heavy (non-hydrogen) atoms. The molecule has 0 spiro atoms. The van der Waals surface area contributed by atoms with Crippen LogP contribution in [0.1, 0.15) is 29.5 Å². The van der Waals surface area contributed by atoms with E-state index in [1.54, 1.807) is 13.0 Å². The minimum atomic E-state index is -0.155. The number of hydrogen-bond donors (Lipinski definition) is 0. The van der Waals surface area contributed by atoms with Crippen LogP contribution in [0.3, 0.4) is 0 Å². The molecular weight excluding hydrogens is 179 g/mol. The largest absolute Gasteiger partial charge is 0.300 e. The molecular formula is C12H13FO. The van der Waals surface area contributed by atoms with E-state index in [4.69, 9.17) is 0 Å². The van der Waals surface area contributed by atoms with Crippen molar-refractivity contribution in [3.05, 3.63) is 34.6 Å². The van der Waals surface area contributed by atoms with E-state index in [0.717, 1.165) is 17.5 Å². The quantitative estimate of drug-likeness (QED) is 0.577. The van der Waals surface area contributed by atoms with Gasteiger partial charge < -0.3 is 0 Å². The molecule has 0 aromatic heterocycles. The lowest BCUT2D eigenvalue weighted by atomic mass is 10.0. The zero-order valence-electron chi connectivity index (χ0n) is 8.27. The van der Waals surface area contributed by atoms with Crippen LogP contribution in [0.25, 0.3) is 0 Å². The van der Waals surface area contributed by atoms with Gasteiger partial charge in [0.2, 0.25) is 0 Å². The highest BCUT2D eigenvalue weighted by atomic mass is 19.1. The second-order valence-electron chi connectivity index (χ2n) is 3.91. The molecule has 1 aliphatic carbocycles. The summed E-state index contributed by atoms with van der Waals surface area (Å²) in [7, 11) is 0. The van der Waals surface area contributed by atoms with Crippen LogP contribution in [0, 0.1) is 12.7 Å². The summed E-state index contributed by atoms with van der Waals surface area (Å²) in [6.45, 7) is 1.77. The fourth-order valence-electron chi connectivity index (χ4n) is 1.92. The molecule has 0 amide bonds. The molecule has 0 bridgehead atoms. The first-order chi connectivity index (χ1) is 6.66. The van der Waals surface area contributed by atoms with Gasteiger partial charge in [0.15, 0.2) is 0 Å². The number of carbonyl (C=O) groups is 1. The van der Waals surface area contributed by atoms with Crippen LogP contribution in [0.4, 0.5) is 4.39 Å². The highest BCUT2D eigenvalue weighted by Crippen LogP contribution is 2.22. The number of aryl methyl sites for hydroxylation is 3. The maximum atomic E-state index is 13.3. The van der Waals surface area contributed by atoms with Crippen LogP contribution in [-0.4, -0.2) is 5.78 Å². The van der Waals surface area contributed by atoms with Gasteiger partial charge in [0.05, 0.1) is 0 Å². The Bertz CT molecular complexity index is 347. The predicted octanol–water partition coefficient (Wildman–Crippen LogP) is 2.58. The molecule has 2 heteroatoms. The fourth-order valence-corrected chi connectivity index (χ4v) is 1.92. The standard InChI is InChI=1S/C12H13FO/c1-8-6-9-2-4-11(14)5-3-10(9)7-12(8)13/h6-7H,2-5H2,1H3. The lowest BCUT2D eigenvalue weighted by molar-refractivity contribution is -0.118. The highest BCUT2D eigenvalue weighted by Gasteiger charge is 2.14. The zero-order valence-corrected chi connectivity index (χ0v) is 8.27. The average Bonchev–Trinajstić information content (AvgIpc) is 2.31. The first-order valence-corrected chi connectivity index (χ1v) is 4.96. The van der Waals surface area contributed by atoms with Crippen molar-refractivity contribution in [2.75, 3.05) is 0 Å². The van der Waals surface area contributed by atoms with E-state index in [1.165, 1.54) is 0 Å². The second kappa shape index (κ2) is 3.52. The molecule has 0 unspecified atom stereocenters. The summed E-state index contributed by atoms with van der Waals surface area (Å²) in [5.74, 6) is 0.136. The molecule has 0 heterocycles. The first-order valence-electron chi connectivity index (χ1n) is 4.96. The van der Waals surface area contributed by atoms with Crippen LogP contribution >= 0.6 is 0 Å². The monoisotopic (exact) mass is 192 g/mol. The van der Waals surface area contributed by atoms with Crippen LogP contribution in [-0.2, 0) is 17.6 Å². The van der Waals surface area contributed by atoms with Crippen molar-refractivity contribution in [3.63, 3.8) is 0 Å². The van der Waals surface area contributed by atoms with Crippen LogP contribution in [0.15, 0.2) is 12.1 Å². The van der Waals surface area contributed by atoms with Gasteiger partial charge in [-0.2, -0.15) is 0 Å². The van der Waals surface area contributed by atoms with Crippen molar-refractivity contribution in [1.82, 2.24) is 0 Å². The van der Waals surface area contributed by atoms with Crippen molar-refractivity contribution in [1.29, 1.82) is 0 Å². The summed E-state index contributed by atoms with van der Waals surface area (Å²) < 4.78 is 13.3. The molecule has 0 aliphatic heterocycles. The zero-order chi connectivity index (χ0) is 10.1. The van der Waals surface area contributed by atoms with E-state index < -0.39 is 0 Å².